The lowest BCUT2D eigenvalue weighted by Gasteiger charge is -2.38. The van der Waals surface area contributed by atoms with Gasteiger partial charge in [-0.25, -0.2) is 14.2 Å². The van der Waals surface area contributed by atoms with Gasteiger partial charge in [0, 0.05) is 44.4 Å². The average Bonchev–Trinajstić information content (AvgIpc) is 3.33. The largest absolute Gasteiger partial charge is 0.457 e. The minimum atomic E-state index is -0.842. The highest BCUT2D eigenvalue weighted by molar-refractivity contribution is 8.16. The van der Waals surface area contributed by atoms with Crippen LogP contribution < -0.4 is 0 Å². The van der Waals surface area contributed by atoms with Gasteiger partial charge in [-0.05, 0) is 24.0 Å². The molecular formula is C29H29FN4O4S. The molecule has 0 aromatic heterocycles. The van der Waals surface area contributed by atoms with Crippen LogP contribution in [0.15, 0.2) is 82.0 Å². The zero-order valence-electron chi connectivity index (χ0n) is 21.8. The smallest absolute Gasteiger partial charge is 0.338 e. The zero-order chi connectivity index (χ0) is 27.5. The predicted molar refractivity (Wildman–Crippen MR) is 146 cm³/mol. The van der Waals surface area contributed by atoms with Gasteiger partial charge >= 0.3 is 5.97 Å². The summed E-state index contributed by atoms with van der Waals surface area (Å²) in [5.74, 6) is -1.16. The van der Waals surface area contributed by atoms with Gasteiger partial charge in [-0.3, -0.25) is 9.59 Å². The molecule has 0 spiro atoms. The molecule has 3 aliphatic heterocycles. The molecule has 10 heteroatoms. The SMILES string of the molecule is CC(=O)N1CCN(C(=O)CC2=CSC3=NC(C)=C(C(=O)OCc4ccccc4)C(c4ccccc4F)N23)CC1. The molecule has 1 saturated heterocycles. The monoisotopic (exact) mass is 548 g/mol. The number of amidine groups is 1. The van der Waals surface area contributed by atoms with Gasteiger partial charge in [0.15, 0.2) is 5.17 Å². The summed E-state index contributed by atoms with van der Waals surface area (Å²) in [6, 6.07) is 14.8. The lowest BCUT2D eigenvalue weighted by atomic mass is 9.93. The van der Waals surface area contributed by atoms with E-state index in [0.717, 1.165) is 5.56 Å². The number of carbonyl (C=O) groups excluding carboxylic acids is 3. The van der Waals surface area contributed by atoms with Crippen molar-refractivity contribution in [2.45, 2.75) is 32.9 Å². The van der Waals surface area contributed by atoms with Crippen LogP contribution in [0.5, 0.6) is 0 Å². The molecule has 202 valence electrons. The first kappa shape index (κ1) is 26.7. The van der Waals surface area contributed by atoms with E-state index in [0.29, 0.717) is 48.3 Å². The summed E-state index contributed by atoms with van der Waals surface area (Å²) in [4.78, 5) is 48.3. The minimum Gasteiger partial charge on any atom is -0.457 e. The summed E-state index contributed by atoms with van der Waals surface area (Å²) in [5.41, 5.74) is 2.44. The fourth-order valence-corrected chi connectivity index (χ4v) is 5.92. The van der Waals surface area contributed by atoms with Crippen molar-refractivity contribution >= 4 is 34.7 Å². The maximum atomic E-state index is 15.3. The average molecular weight is 549 g/mol. The number of hydrogen-bond acceptors (Lipinski definition) is 7. The molecule has 1 atom stereocenters. The number of amides is 2. The highest BCUT2D eigenvalue weighted by Gasteiger charge is 2.42. The zero-order valence-corrected chi connectivity index (χ0v) is 22.6. The molecule has 8 nitrogen and oxygen atoms in total. The third kappa shape index (κ3) is 5.61. The molecule has 2 aromatic rings. The van der Waals surface area contributed by atoms with Crippen LogP contribution in [0.2, 0.25) is 0 Å². The van der Waals surface area contributed by atoms with E-state index in [-0.39, 0.29) is 30.4 Å². The first-order valence-electron chi connectivity index (χ1n) is 12.8. The van der Waals surface area contributed by atoms with Gasteiger partial charge in [0.05, 0.1) is 23.7 Å². The van der Waals surface area contributed by atoms with Gasteiger partial charge < -0.3 is 19.4 Å². The van der Waals surface area contributed by atoms with Crippen molar-refractivity contribution in [3.05, 3.63) is 93.9 Å². The number of nitrogens with zero attached hydrogens (tertiary/aromatic N) is 4. The summed E-state index contributed by atoms with van der Waals surface area (Å²) >= 11 is 1.34. The Kier molecular flexibility index (Phi) is 7.83. The molecule has 3 heterocycles. The van der Waals surface area contributed by atoms with Crippen LogP contribution in [0.4, 0.5) is 4.39 Å². The summed E-state index contributed by atoms with van der Waals surface area (Å²) in [6.45, 7) is 5.19. The molecule has 0 saturated carbocycles. The summed E-state index contributed by atoms with van der Waals surface area (Å²) in [7, 11) is 0. The highest BCUT2D eigenvalue weighted by Crippen LogP contribution is 2.45. The molecule has 2 aromatic carbocycles. The lowest BCUT2D eigenvalue weighted by Crippen LogP contribution is -2.50. The Bertz CT molecular complexity index is 1380. The van der Waals surface area contributed by atoms with E-state index in [4.69, 9.17) is 4.74 Å². The van der Waals surface area contributed by atoms with Crippen LogP contribution in [0.25, 0.3) is 0 Å². The number of allylic oxidation sites excluding steroid dienone is 1. The van der Waals surface area contributed by atoms with Crippen molar-refractivity contribution in [1.29, 1.82) is 0 Å². The number of fused-ring (bicyclic) bond motifs is 1. The Labute approximate surface area is 230 Å². The summed E-state index contributed by atoms with van der Waals surface area (Å²) in [6.07, 6.45) is 0.0580. The van der Waals surface area contributed by atoms with Gasteiger partial charge in [0.2, 0.25) is 11.8 Å². The molecule has 0 N–H and O–H groups in total. The van der Waals surface area contributed by atoms with E-state index < -0.39 is 17.8 Å². The van der Waals surface area contributed by atoms with Gasteiger partial charge in [-0.2, -0.15) is 0 Å². The number of esters is 1. The Morgan fingerprint density at radius 3 is 2.36 bits per heavy atom. The Morgan fingerprint density at radius 1 is 1.00 bits per heavy atom. The number of thioether (sulfide) groups is 1. The molecule has 5 rings (SSSR count). The fraction of sp³-hybridized carbons (Fsp3) is 0.310. The first-order valence-corrected chi connectivity index (χ1v) is 13.6. The number of carbonyl (C=O) groups is 3. The van der Waals surface area contributed by atoms with Crippen molar-refractivity contribution in [1.82, 2.24) is 14.7 Å². The van der Waals surface area contributed by atoms with Crippen LogP contribution in [0.3, 0.4) is 0 Å². The van der Waals surface area contributed by atoms with Crippen LogP contribution in [-0.4, -0.2) is 63.8 Å². The summed E-state index contributed by atoms with van der Waals surface area (Å²) in [5, 5.41) is 2.41. The number of rotatable bonds is 6. The van der Waals surface area contributed by atoms with E-state index in [1.54, 1.807) is 39.8 Å². The van der Waals surface area contributed by atoms with Gasteiger partial charge in [0.25, 0.3) is 0 Å². The molecule has 1 unspecified atom stereocenters. The van der Waals surface area contributed by atoms with E-state index in [2.05, 4.69) is 4.99 Å². The first-order chi connectivity index (χ1) is 18.8. The molecule has 1 fully saturated rings. The number of halogens is 1. The van der Waals surface area contributed by atoms with Crippen LogP contribution in [0.1, 0.15) is 37.4 Å². The quantitative estimate of drug-likeness (QED) is 0.503. The van der Waals surface area contributed by atoms with Gasteiger partial charge in [-0.15, -0.1) is 0 Å². The second-order valence-electron chi connectivity index (χ2n) is 9.54. The van der Waals surface area contributed by atoms with Crippen LogP contribution in [-0.2, 0) is 25.7 Å². The van der Waals surface area contributed by atoms with Crippen molar-refractivity contribution in [2.75, 3.05) is 26.2 Å². The number of ether oxygens (including phenoxy) is 1. The number of benzene rings is 2. The topological polar surface area (TPSA) is 82.5 Å². The lowest BCUT2D eigenvalue weighted by molar-refractivity contribution is -0.141. The van der Waals surface area contributed by atoms with Crippen molar-refractivity contribution < 1.29 is 23.5 Å². The van der Waals surface area contributed by atoms with Crippen molar-refractivity contribution in [3.8, 4) is 0 Å². The maximum absolute atomic E-state index is 15.3. The number of aliphatic imine (C=N–C) groups is 1. The Morgan fingerprint density at radius 2 is 1.67 bits per heavy atom. The number of hydrogen-bond donors (Lipinski definition) is 0. The van der Waals surface area contributed by atoms with Crippen LogP contribution >= 0.6 is 11.8 Å². The van der Waals surface area contributed by atoms with Crippen molar-refractivity contribution in [2.24, 2.45) is 4.99 Å². The standard InChI is InChI=1S/C29H29FN4O4S/c1-19-26(28(37)38-17-21-8-4-3-5-9-21)27(23-10-6-7-11-24(23)30)34-22(18-39-29(34)31-19)16-25(36)33-14-12-32(13-15-33)20(2)35/h3-11,18,27H,12-17H2,1-2H3. The molecule has 2 amide bonds. The molecule has 39 heavy (non-hydrogen) atoms. The number of piperazine rings is 1. The second-order valence-corrected chi connectivity index (χ2v) is 10.4. The van der Waals surface area contributed by atoms with Gasteiger partial charge in [0.1, 0.15) is 12.4 Å². The third-order valence-electron chi connectivity index (χ3n) is 7.04. The van der Waals surface area contributed by atoms with E-state index in [1.165, 1.54) is 24.8 Å². The van der Waals surface area contributed by atoms with E-state index >= 15 is 4.39 Å². The third-order valence-corrected chi connectivity index (χ3v) is 7.93. The molecular weight excluding hydrogens is 519 g/mol. The van der Waals surface area contributed by atoms with E-state index in [1.807, 2.05) is 35.7 Å². The normalized spacial score (nSPS) is 18.9. The second kappa shape index (κ2) is 11.4. The summed E-state index contributed by atoms with van der Waals surface area (Å²) < 4.78 is 20.9. The predicted octanol–water partition coefficient (Wildman–Crippen LogP) is 4.22. The van der Waals surface area contributed by atoms with E-state index in [9.17, 15) is 14.4 Å². The minimum absolute atomic E-state index is 0.00673. The molecule has 0 radical (unpaired) electrons. The highest BCUT2D eigenvalue weighted by atomic mass is 32.2. The van der Waals surface area contributed by atoms with Crippen molar-refractivity contribution in [3.63, 3.8) is 0 Å². The maximum Gasteiger partial charge on any atom is 0.338 e. The Balaban J connectivity index is 1.41. The van der Waals surface area contributed by atoms with Crippen LogP contribution in [0, 0.1) is 5.82 Å². The molecule has 0 aliphatic carbocycles. The molecule has 3 aliphatic rings. The fourth-order valence-electron chi connectivity index (χ4n) is 4.96. The van der Waals surface area contributed by atoms with Gasteiger partial charge in [-0.1, -0.05) is 60.3 Å². The Hall–Kier alpha value is -3.92. The molecule has 0 bridgehead atoms.